The number of nitrogens with zero attached hydrogens (tertiary/aromatic N) is 1. The number of aliphatic carboxylic acids is 1. The number of benzene rings is 1. The fraction of sp³-hybridized carbons (Fsp3) is 0.0909. The van der Waals surface area contributed by atoms with E-state index in [0.29, 0.717) is 0 Å². The lowest BCUT2D eigenvalue weighted by Gasteiger charge is -1.96. The van der Waals surface area contributed by atoms with E-state index in [-0.39, 0.29) is 12.0 Å². The van der Waals surface area contributed by atoms with E-state index < -0.39 is 5.97 Å². The number of hydrogen-bond acceptors (Lipinski definition) is 2. The van der Waals surface area contributed by atoms with Crippen molar-refractivity contribution in [3.05, 3.63) is 41.5 Å². The summed E-state index contributed by atoms with van der Waals surface area (Å²) in [5, 5.41) is 17.2. The molecular formula is C11H9NO2. The summed E-state index contributed by atoms with van der Waals surface area (Å²) in [6.07, 6.45) is 1.43. The van der Waals surface area contributed by atoms with Gasteiger partial charge in [0.15, 0.2) is 0 Å². The van der Waals surface area contributed by atoms with Gasteiger partial charge in [-0.05, 0) is 11.6 Å². The molecule has 1 aromatic rings. The minimum absolute atomic E-state index is 0.0791. The van der Waals surface area contributed by atoms with Gasteiger partial charge in [-0.3, -0.25) is 0 Å². The molecule has 0 saturated heterocycles. The number of carbonyl (C=O) groups is 1. The summed E-state index contributed by atoms with van der Waals surface area (Å²) in [5.74, 6) is -1.05. The molecule has 0 atom stereocenters. The van der Waals surface area contributed by atoms with Crippen LogP contribution in [0.2, 0.25) is 0 Å². The molecule has 0 heterocycles. The predicted molar refractivity (Wildman–Crippen MR) is 52.3 cm³/mol. The van der Waals surface area contributed by atoms with E-state index in [2.05, 4.69) is 0 Å². The Kier molecular flexibility index (Phi) is 3.45. The lowest BCUT2D eigenvalue weighted by atomic mass is 10.1. The SMILES string of the molecule is N#CCC(=Cc1ccccc1)C(=O)O. The largest absolute Gasteiger partial charge is 0.478 e. The van der Waals surface area contributed by atoms with Gasteiger partial charge in [0.1, 0.15) is 0 Å². The van der Waals surface area contributed by atoms with E-state index in [9.17, 15) is 4.79 Å². The van der Waals surface area contributed by atoms with Gasteiger partial charge in [-0.2, -0.15) is 5.26 Å². The Morgan fingerprint density at radius 2 is 2.07 bits per heavy atom. The lowest BCUT2D eigenvalue weighted by Crippen LogP contribution is -1.99. The van der Waals surface area contributed by atoms with Crippen LogP contribution < -0.4 is 0 Å². The van der Waals surface area contributed by atoms with Crippen molar-refractivity contribution < 1.29 is 9.90 Å². The van der Waals surface area contributed by atoms with Crippen LogP contribution in [0.4, 0.5) is 0 Å². The van der Waals surface area contributed by atoms with Crippen LogP contribution in [0.25, 0.3) is 6.08 Å². The summed E-state index contributed by atoms with van der Waals surface area (Å²) in [4.78, 5) is 10.7. The van der Waals surface area contributed by atoms with Crippen LogP contribution in [0.5, 0.6) is 0 Å². The maximum Gasteiger partial charge on any atom is 0.332 e. The van der Waals surface area contributed by atoms with Crippen molar-refractivity contribution in [2.24, 2.45) is 0 Å². The highest BCUT2D eigenvalue weighted by atomic mass is 16.4. The second-order valence-corrected chi connectivity index (χ2v) is 2.72. The van der Waals surface area contributed by atoms with Gasteiger partial charge < -0.3 is 5.11 Å². The van der Waals surface area contributed by atoms with E-state index in [1.807, 2.05) is 24.3 Å². The molecule has 1 rings (SSSR count). The zero-order valence-corrected chi connectivity index (χ0v) is 7.47. The topological polar surface area (TPSA) is 61.1 Å². The van der Waals surface area contributed by atoms with Gasteiger partial charge in [0.2, 0.25) is 0 Å². The maximum atomic E-state index is 10.7. The molecule has 70 valence electrons. The summed E-state index contributed by atoms with van der Waals surface area (Å²) in [6, 6.07) is 10.9. The molecular weight excluding hydrogens is 178 g/mol. The highest BCUT2D eigenvalue weighted by Gasteiger charge is 2.05. The van der Waals surface area contributed by atoms with Crippen molar-refractivity contribution in [3.63, 3.8) is 0 Å². The van der Waals surface area contributed by atoms with Crippen LogP contribution in [-0.2, 0) is 4.79 Å². The molecule has 1 N–H and O–H groups in total. The average Bonchev–Trinajstić information content (AvgIpc) is 2.18. The number of carboxylic acid groups (broad SMARTS) is 1. The van der Waals surface area contributed by atoms with E-state index in [1.54, 1.807) is 12.1 Å². The first-order valence-electron chi connectivity index (χ1n) is 4.10. The second kappa shape index (κ2) is 4.83. The summed E-state index contributed by atoms with van der Waals surface area (Å²) < 4.78 is 0. The van der Waals surface area contributed by atoms with E-state index in [0.717, 1.165) is 5.56 Å². The van der Waals surface area contributed by atoms with Crippen molar-refractivity contribution in [3.8, 4) is 6.07 Å². The maximum absolute atomic E-state index is 10.7. The highest BCUT2D eigenvalue weighted by molar-refractivity contribution is 5.92. The Hall–Kier alpha value is -2.08. The average molecular weight is 187 g/mol. The number of carboxylic acids is 1. The summed E-state index contributed by atoms with van der Waals surface area (Å²) in [6.45, 7) is 0. The van der Waals surface area contributed by atoms with E-state index in [4.69, 9.17) is 10.4 Å². The van der Waals surface area contributed by atoms with Crippen molar-refractivity contribution in [2.45, 2.75) is 6.42 Å². The first-order valence-corrected chi connectivity index (χ1v) is 4.10. The Labute approximate surface area is 81.9 Å². The first kappa shape index (κ1) is 10.0. The third-order valence-electron chi connectivity index (χ3n) is 1.68. The molecule has 0 aliphatic rings. The fourth-order valence-corrected chi connectivity index (χ4v) is 1.02. The molecule has 0 radical (unpaired) electrons. The van der Waals surface area contributed by atoms with E-state index in [1.165, 1.54) is 6.08 Å². The number of rotatable bonds is 3. The minimum Gasteiger partial charge on any atom is -0.478 e. The molecule has 0 saturated carbocycles. The van der Waals surface area contributed by atoms with Gasteiger partial charge in [-0.25, -0.2) is 4.79 Å². The van der Waals surface area contributed by atoms with Gasteiger partial charge >= 0.3 is 5.97 Å². The van der Waals surface area contributed by atoms with Crippen LogP contribution in [0.15, 0.2) is 35.9 Å². The van der Waals surface area contributed by atoms with Crippen molar-refractivity contribution >= 4 is 12.0 Å². The highest BCUT2D eigenvalue weighted by Crippen LogP contribution is 2.09. The molecule has 0 aliphatic heterocycles. The standard InChI is InChI=1S/C11H9NO2/c12-7-6-10(11(13)14)8-9-4-2-1-3-5-9/h1-5,8H,6H2,(H,13,14). The Morgan fingerprint density at radius 3 is 2.57 bits per heavy atom. The molecule has 14 heavy (non-hydrogen) atoms. The molecule has 1 aromatic carbocycles. The zero-order valence-electron chi connectivity index (χ0n) is 7.47. The lowest BCUT2D eigenvalue weighted by molar-refractivity contribution is -0.132. The number of nitriles is 1. The van der Waals surface area contributed by atoms with Gasteiger partial charge in [0.05, 0.1) is 18.1 Å². The van der Waals surface area contributed by atoms with Gasteiger partial charge in [0, 0.05) is 0 Å². The molecule has 0 fully saturated rings. The molecule has 0 unspecified atom stereocenters. The molecule has 0 aliphatic carbocycles. The summed E-state index contributed by atoms with van der Waals surface area (Å²) >= 11 is 0. The van der Waals surface area contributed by atoms with Crippen molar-refractivity contribution in [1.29, 1.82) is 5.26 Å². The molecule has 0 bridgehead atoms. The Balaban J connectivity index is 2.95. The van der Waals surface area contributed by atoms with Crippen molar-refractivity contribution in [2.75, 3.05) is 0 Å². The number of hydrogen-bond donors (Lipinski definition) is 1. The zero-order chi connectivity index (χ0) is 10.4. The van der Waals surface area contributed by atoms with Gasteiger partial charge in [-0.1, -0.05) is 30.3 Å². The molecule has 3 nitrogen and oxygen atoms in total. The van der Waals surface area contributed by atoms with Crippen LogP contribution in [0, 0.1) is 11.3 Å². The smallest absolute Gasteiger partial charge is 0.332 e. The Bertz CT molecular complexity index is 387. The normalized spacial score (nSPS) is 10.6. The molecule has 0 spiro atoms. The van der Waals surface area contributed by atoms with Crippen LogP contribution in [0.1, 0.15) is 12.0 Å². The van der Waals surface area contributed by atoms with Gasteiger partial charge in [-0.15, -0.1) is 0 Å². The fourth-order valence-electron chi connectivity index (χ4n) is 1.02. The summed E-state index contributed by atoms with van der Waals surface area (Å²) in [5.41, 5.74) is 0.902. The minimum atomic E-state index is -1.05. The molecule has 3 heteroatoms. The third-order valence-corrected chi connectivity index (χ3v) is 1.68. The van der Waals surface area contributed by atoms with Gasteiger partial charge in [0.25, 0.3) is 0 Å². The third kappa shape index (κ3) is 2.76. The second-order valence-electron chi connectivity index (χ2n) is 2.72. The van der Waals surface area contributed by atoms with Crippen molar-refractivity contribution in [1.82, 2.24) is 0 Å². The van der Waals surface area contributed by atoms with Crippen LogP contribution in [0.3, 0.4) is 0 Å². The quantitative estimate of drug-likeness (QED) is 0.737. The first-order chi connectivity index (χ1) is 6.74. The van der Waals surface area contributed by atoms with Crippen LogP contribution >= 0.6 is 0 Å². The molecule has 0 aromatic heterocycles. The monoisotopic (exact) mass is 187 g/mol. The van der Waals surface area contributed by atoms with E-state index >= 15 is 0 Å². The summed E-state index contributed by atoms with van der Waals surface area (Å²) in [7, 11) is 0. The predicted octanol–water partition coefficient (Wildman–Crippen LogP) is 2.07. The molecule has 0 amide bonds. The Morgan fingerprint density at radius 1 is 1.43 bits per heavy atom. The van der Waals surface area contributed by atoms with Crippen LogP contribution in [-0.4, -0.2) is 11.1 Å².